The van der Waals surface area contributed by atoms with E-state index in [1.165, 1.54) is 43.4 Å². The molecule has 1 unspecified atom stereocenters. The number of furan rings is 1. The largest absolute Gasteiger partial charge is 0.456 e. The van der Waals surface area contributed by atoms with Crippen LogP contribution >= 0.6 is 0 Å². The summed E-state index contributed by atoms with van der Waals surface area (Å²) in [5, 5.41) is 9.41. The number of benzene rings is 7. The van der Waals surface area contributed by atoms with Gasteiger partial charge in [0, 0.05) is 27.8 Å². The van der Waals surface area contributed by atoms with Crippen molar-refractivity contribution in [2.24, 2.45) is 0 Å². The van der Waals surface area contributed by atoms with E-state index in [9.17, 15) is 0 Å². The first-order valence-electron chi connectivity index (χ1n) is 16.0. The summed E-state index contributed by atoms with van der Waals surface area (Å²) < 4.78 is 6.26. The molecule has 0 spiro atoms. The number of rotatable bonds is 3. The number of aromatic nitrogens is 3. The van der Waals surface area contributed by atoms with Crippen LogP contribution in [0.15, 0.2) is 144 Å². The summed E-state index contributed by atoms with van der Waals surface area (Å²) in [6.07, 6.45) is 5.30. The van der Waals surface area contributed by atoms with Gasteiger partial charge in [-0.15, -0.1) is 0 Å². The van der Waals surface area contributed by atoms with Gasteiger partial charge in [-0.25, -0.2) is 15.0 Å². The number of para-hydroxylation sites is 1. The van der Waals surface area contributed by atoms with Crippen molar-refractivity contribution >= 4 is 60.3 Å². The van der Waals surface area contributed by atoms with Gasteiger partial charge in [0.25, 0.3) is 0 Å². The first kappa shape index (κ1) is 26.1. The van der Waals surface area contributed by atoms with Gasteiger partial charge >= 0.3 is 0 Å². The molecular weight excluding hydrogens is 574 g/mol. The zero-order valence-electron chi connectivity index (χ0n) is 25.4. The molecule has 0 fully saturated rings. The summed E-state index contributed by atoms with van der Waals surface area (Å²) in [5.74, 6) is 2.08. The third-order valence-corrected chi connectivity index (χ3v) is 9.64. The maximum absolute atomic E-state index is 6.26. The predicted octanol–water partition coefficient (Wildman–Crippen LogP) is 10.9. The van der Waals surface area contributed by atoms with Crippen LogP contribution in [-0.2, 0) is 6.42 Å². The maximum Gasteiger partial charge on any atom is 0.164 e. The first-order valence-corrected chi connectivity index (χ1v) is 16.0. The molecule has 1 aliphatic rings. The summed E-state index contributed by atoms with van der Waals surface area (Å²) >= 11 is 0. The third-order valence-electron chi connectivity index (χ3n) is 9.64. The number of nitrogens with zero attached hydrogens (tertiary/aromatic N) is 3. The summed E-state index contributed by atoms with van der Waals surface area (Å²) in [6.45, 7) is 0. The van der Waals surface area contributed by atoms with E-state index in [1.807, 2.05) is 30.3 Å². The Morgan fingerprint density at radius 2 is 1.21 bits per heavy atom. The molecule has 2 heterocycles. The van der Waals surface area contributed by atoms with Crippen molar-refractivity contribution in [1.29, 1.82) is 0 Å². The van der Waals surface area contributed by atoms with Crippen LogP contribution < -0.4 is 0 Å². The fourth-order valence-corrected chi connectivity index (χ4v) is 7.33. The quantitative estimate of drug-likeness (QED) is 0.189. The fourth-order valence-electron chi connectivity index (χ4n) is 7.33. The highest BCUT2D eigenvalue weighted by Crippen LogP contribution is 2.38. The van der Waals surface area contributed by atoms with Gasteiger partial charge in [0.15, 0.2) is 11.6 Å². The Bertz CT molecular complexity index is 2740. The van der Waals surface area contributed by atoms with Crippen LogP contribution in [0, 0.1) is 0 Å². The van der Waals surface area contributed by atoms with E-state index < -0.39 is 0 Å². The molecule has 9 aromatic rings. The monoisotopic (exact) mass is 601 g/mol. The van der Waals surface area contributed by atoms with Gasteiger partial charge in [0.1, 0.15) is 17.0 Å². The Kier molecular flexibility index (Phi) is 5.67. The molecule has 2 aromatic heterocycles. The topological polar surface area (TPSA) is 51.8 Å². The second-order valence-corrected chi connectivity index (χ2v) is 12.4. The zero-order chi connectivity index (χ0) is 30.9. The van der Waals surface area contributed by atoms with E-state index in [-0.39, 0.29) is 5.92 Å². The van der Waals surface area contributed by atoms with Crippen LogP contribution in [0.3, 0.4) is 0 Å². The van der Waals surface area contributed by atoms with Crippen LogP contribution in [0.2, 0.25) is 0 Å². The van der Waals surface area contributed by atoms with Crippen LogP contribution in [0.4, 0.5) is 0 Å². The Labute approximate surface area is 270 Å². The number of allylic oxidation sites excluding steroid dienone is 1. The van der Waals surface area contributed by atoms with Gasteiger partial charge in [0.05, 0.1) is 0 Å². The summed E-state index contributed by atoms with van der Waals surface area (Å²) in [5.41, 5.74) is 6.17. The molecule has 0 bridgehead atoms. The molecule has 0 amide bonds. The van der Waals surface area contributed by atoms with E-state index in [4.69, 9.17) is 19.4 Å². The van der Waals surface area contributed by atoms with Gasteiger partial charge in [-0.3, -0.25) is 0 Å². The van der Waals surface area contributed by atoms with Crippen molar-refractivity contribution in [3.05, 3.63) is 156 Å². The minimum absolute atomic E-state index is 0.00427. The highest BCUT2D eigenvalue weighted by atomic mass is 16.3. The van der Waals surface area contributed by atoms with E-state index >= 15 is 0 Å². The van der Waals surface area contributed by atoms with Crippen LogP contribution in [-0.4, -0.2) is 15.0 Å². The van der Waals surface area contributed by atoms with E-state index in [0.717, 1.165) is 45.3 Å². The second kappa shape index (κ2) is 10.2. The van der Waals surface area contributed by atoms with Gasteiger partial charge < -0.3 is 4.42 Å². The van der Waals surface area contributed by atoms with Gasteiger partial charge in [-0.05, 0) is 68.1 Å². The minimum Gasteiger partial charge on any atom is -0.456 e. The van der Waals surface area contributed by atoms with Crippen molar-refractivity contribution < 1.29 is 4.42 Å². The average molecular weight is 602 g/mol. The van der Waals surface area contributed by atoms with Crippen LogP contribution in [0.5, 0.6) is 0 Å². The maximum atomic E-state index is 6.26. The van der Waals surface area contributed by atoms with Crippen molar-refractivity contribution in [2.45, 2.75) is 12.3 Å². The standard InChI is InChI=1S/C43H27N3O/c1-3-10-32-26(8-1)16-18-28-20-22-30(24-36(28)32)41-44-42(31-23-21-29-19-17-27-9-2-4-11-33(27)37(29)25-31)46-43(45-41)35-13-7-15-39-40(35)34-12-5-6-14-38(34)47-39/h1-24,31H,25H2. The van der Waals surface area contributed by atoms with Crippen LogP contribution in [0.1, 0.15) is 22.9 Å². The Hall–Kier alpha value is -6.13. The van der Waals surface area contributed by atoms with Crippen molar-refractivity contribution in [3.8, 4) is 22.8 Å². The molecule has 1 atom stereocenters. The average Bonchev–Trinajstić information content (AvgIpc) is 3.53. The molecule has 7 aromatic carbocycles. The van der Waals surface area contributed by atoms with Crippen molar-refractivity contribution in [1.82, 2.24) is 15.0 Å². The summed E-state index contributed by atoms with van der Waals surface area (Å²) in [7, 11) is 0. The van der Waals surface area contributed by atoms with Gasteiger partial charge in [0.2, 0.25) is 0 Å². The third kappa shape index (κ3) is 4.19. The number of hydrogen-bond acceptors (Lipinski definition) is 4. The summed E-state index contributed by atoms with van der Waals surface area (Å²) in [6, 6.07) is 46.8. The van der Waals surface area contributed by atoms with Crippen molar-refractivity contribution in [3.63, 3.8) is 0 Å². The molecule has 0 saturated heterocycles. The number of fused-ring (bicyclic) bond motifs is 9. The highest BCUT2D eigenvalue weighted by Gasteiger charge is 2.24. The first-order chi connectivity index (χ1) is 23.3. The van der Waals surface area contributed by atoms with Crippen LogP contribution in [0.25, 0.3) is 83.1 Å². The molecule has 4 nitrogen and oxygen atoms in total. The summed E-state index contributed by atoms with van der Waals surface area (Å²) in [4.78, 5) is 15.7. The lowest BCUT2D eigenvalue weighted by Crippen LogP contribution is -2.12. The Morgan fingerprint density at radius 3 is 2.11 bits per heavy atom. The minimum atomic E-state index is -0.00427. The van der Waals surface area contributed by atoms with E-state index in [1.54, 1.807) is 0 Å². The molecule has 10 rings (SSSR count). The highest BCUT2D eigenvalue weighted by molar-refractivity contribution is 6.12. The lowest BCUT2D eigenvalue weighted by atomic mass is 9.86. The molecule has 4 heteroatoms. The fraction of sp³-hybridized carbons (Fsp3) is 0.0465. The molecule has 0 aliphatic heterocycles. The lowest BCUT2D eigenvalue weighted by molar-refractivity contribution is 0.669. The lowest BCUT2D eigenvalue weighted by Gasteiger charge is -2.21. The number of hydrogen-bond donors (Lipinski definition) is 0. The second-order valence-electron chi connectivity index (χ2n) is 12.4. The van der Waals surface area contributed by atoms with E-state index in [2.05, 4.69) is 115 Å². The molecular formula is C43H27N3O. The molecule has 220 valence electrons. The van der Waals surface area contributed by atoms with Gasteiger partial charge in [-0.2, -0.15) is 0 Å². The predicted molar refractivity (Wildman–Crippen MR) is 192 cm³/mol. The molecule has 0 saturated carbocycles. The SMILES string of the molecule is C1=CC(c2nc(-c3ccc4ccc5ccccc5c4c3)nc(-c3cccc4oc5ccccc5c34)n2)Cc2c1ccc1ccccc21. The Morgan fingerprint density at radius 1 is 0.532 bits per heavy atom. The zero-order valence-corrected chi connectivity index (χ0v) is 25.4. The molecule has 0 radical (unpaired) electrons. The molecule has 1 aliphatic carbocycles. The smallest absolute Gasteiger partial charge is 0.164 e. The van der Waals surface area contributed by atoms with Crippen molar-refractivity contribution in [2.75, 3.05) is 0 Å². The molecule has 47 heavy (non-hydrogen) atoms. The van der Waals surface area contributed by atoms with E-state index in [0.29, 0.717) is 11.6 Å². The van der Waals surface area contributed by atoms with Gasteiger partial charge in [-0.1, -0.05) is 127 Å². The Balaban J connectivity index is 1.20. The molecule has 0 N–H and O–H groups in total. The normalized spacial score (nSPS) is 14.4.